The molecule has 0 heterocycles. The number of anilines is 1. The third-order valence-electron chi connectivity index (χ3n) is 2.69. The number of nitrogens with one attached hydrogen (secondary N) is 1. The summed E-state index contributed by atoms with van der Waals surface area (Å²) in [5, 5.41) is 3.24. The molecule has 0 aliphatic heterocycles. The minimum atomic E-state index is -0.173. The maximum atomic E-state index is 13.4. The number of rotatable bonds is 3. The van der Waals surface area contributed by atoms with E-state index in [-0.39, 0.29) is 5.82 Å². The fourth-order valence-electron chi connectivity index (χ4n) is 1.63. The number of hydrogen-bond acceptors (Lipinski definition) is 1. The molecule has 2 rings (SSSR count). The first-order valence-electron chi connectivity index (χ1n) is 5.41. The lowest BCUT2D eigenvalue weighted by molar-refractivity contribution is 0.613. The number of halogens is 2. The van der Waals surface area contributed by atoms with Gasteiger partial charge in [-0.05, 0) is 30.7 Å². The first kappa shape index (κ1) is 12.1. The van der Waals surface area contributed by atoms with Crippen LogP contribution < -0.4 is 5.32 Å². The van der Waals surface area contributed by atoms with Crippen molar-refractivity contribution in [2.24, 2.45) is 0 Å². The van der Waals surface area contributed by atoms with Crippen molar-refractivity contribution in [3.63, 3.8) is 0 Å². The van der Waals surface area contributed by atoms with Crippen LogP contribution in [0.3, 0.4) is 0 Å². The standard InChI is InChI=1S/C14H13BrFN/c1-10-12(15)6-4-8-14(10)17-9-11-5-2-3-7-13(11)16/h2-8,17H,9H2,1H3. The van der Waals surface area contributed by atoms with Gasteiger partial charge in [-0.2, -0.15) is 0 Å². The Bertz CT molecular complexity index is 525. The summed E-state index contributed by atoms with van der Waals surface area (Å²) in [5.41, 5.74) is 2.82. The first-order chi connectivity index (χ1) is 8.18. The van der Waals surface area contributed by atoms with Crippen LogP contribution in [0.4, 0.5) is 10.1 Å². The van der Waals surface area contributed by atoms with E-state index < -0.39 is 0 Å². The van der Waals surface area contributed by atoms with Crippen LogP contribution in [-0.4, -0.2) is 0 Å². The first-order valence-corrected chi connectivity index (χ1v) is 6.20. The summed E-state index contributed by atoms with van der Waals surface area (Å²) in [4.78, 5) is 0. The highest BCUT2D eigenvalue weighted by molar-refractivity contribution is 9.10. The molecular formula is C14H13BrFN. The summed E-state index contributed by atoms with van der Waals surface area (Å²) in [6.07, 6.45) is 0. The molecule has 0 spiro atoms. The Hall–Kier alpha value is -1.35. The van der Waals surface area contributed by atoms with Crippen molar-refractivity contribution in [2.75, 3.05) is 5.32 Å². The molecular weight excluding hydrogens is 281 g/mol. The molecule has 0 unspecified atom stereocenters. The smallest absolute Gasteiger partial charge is 0.128 e. The van der Waals surface area contributed by atoms with Gasteiger partial charge in [-0.25, -0.2) is 4.39 Å². The molecule has 0 saturated carbocycles. The summed E-state index contributed by atoms with van der Waals surface area (Å²) in [6, 6.07) is 12.7. The largest absolute Gasteiger partial charge is 0.381 e. The van der Waals surface area contributed by atoms with E-state index in [4.69, 9.17) is 0 Å². The average molecular weight is 294 g/mol. The van der Waals surface area contributed by atoms with E-state index in [9.17, 15) is 4.39 Å². The highest BCUT2D eigenvalue weighted by Crippen LogP contribution is 2.24. The highest BCUT2D eigenvalue weighted by Gasteiger charge is 2.03. The predicted octanol–water partition coefficient (Wildman–Crippen LogP) is 4.51. The van der Waals surface area contributed by atoms with Gasteiger partial charge in [-0.15, -0.1) is 0 Å². The lowest BCUT2D eigenvalue weighted by atomic mass is 10.1. The summed E-state index contributed by atoms with van der Waals surface area (Å²) in [7, 11) is 0. The maximum Gasteiger partial charge on any atom is 0.128 e. The van der Waals surface area contributed by atoms with E-state index in [0.717, 1.165) is 15.7 Å². The lowest BCUT2D eigenvalue weighted by Gasteiger charge is -2.11. The zero-order chi connectivity index (χ0) is 12.3. The van der Waals surface area contributed by atoms with Crippen LogP contribution in [0.5, 0.6) is 0 Å². The van der Waals surface area contributed by atoms with Gasteiger partial charge in [0.25, 0.3) is 0 Å². The van der Waals surface area contributed by atoms with Crippen LogP contribution >= 0.6 is 15.9 Å². The molecule has 0 amide bonds. The van der Waals surface area contributed by atoms with Gasteiger partial charge >= 0.3 is 0 Å². The molecule has 17 heavy (non-hydrogen) atoms. The molecule has 0 saturated heterocycles. The normalized spacial score (nSPS) is 10.3. The SMILES string of the molecule is Cc1c(Br)cccc1NCc1ccccc1F. The second-order valence-corrected chi connectivity index (χ2v) is 4.71. The van der Waals surface area contributed by atoms with Crippen molar-refractivity contribution in [3.05, 3.63) is 63.9 Å². The third kappa shape index (κ3) is 2.86. The molecule has 1 nitrogen and oxygen atoms in total. The van der Waals surface area contributed by atoms with Crippen LogP contribution in [0, 0.1) is 12.7 Å². The fourth-order valence-corrected chi connectivity index (χ4v) is 2.00. The van der Waals surface area contributed by atoms with E-state index in [1.807, 2.05) is 31.2 Å². The van der Waals surface area contributed by atoms with E-state index in [0.29, 0.717) is 12.1 Å². The minimum Gasteiger partial charge on any atom is -0.381 e. The van der Waals surface area contributed by atoms with Gasteiger partial charge in [-0.3, -0.25) is 0 Å². The molecule has 0 aliphatic rings. The van der Waals surface area contributed by atoms with Crippen molar-refractivity contribution in [2.45, 2.75) is 13.5 Å². The molecule has 2 aromatic rings. The Balaban J connectivity index is 2.13. The van der Waals surface area contributed by atoms with Crippen molar-refractivity contribution < 1.29 is 4.39 Å². The molecule has 88 valence electrons. The Morgan fingerprint density at radius 2 is 1.88 bits per heavy atom. The molecule has 0 aromatic heterocycles. The van der Waals surface area contributed by atoms with Crippen molar-refractivity contribution in [3.8, 4) is 0 Å². The summed E-state index contributed by atoms with van der Waals surface area (Å²) in [6.45, 7) is 2.51. The molecule has 3 heteroatoms. The molecule has 2 aromatic carbocycles. The van der Waals surface area contributed by atoms with Gasteiger partial charge in [0.05, 0.1) is 0 Å². The van der Waals surface area contributed by atoms with Gasteiger partial charge in [0, 0.05) is 22.3 Å². The zero-order valence-electron chi connectivity index (χ0n) is 9.50. The molecule has 0 fully saturated rings. The van der Waals surface area contributed by atoms with Crippen molar-refractivity contribution in [1.82, 2.24) is 0 Å². The molecule has 0 atom stereocenters. The van der Waals surface area contributed by atoms with E-state index in [1.165, 1.54) is 6.07 Å². The fraction of sp³-hybridized carbons (Fsp3) is 0.143. The quantitative estimate of drug-likeness (QED) is 0.878. The van der Waals surface area contributed by atoms with Crippen LogP contribution in [0.1, 0.15) is 11.1 Å². The highest BCUT2D eigenvalue weighted by atomic mass is 79.9. The average Bonchev–Trinajstić information content (AvgIpc) is 2.33. The van der Waals surface area contributed by atoms with Crippen LogP contribution in [0.15, 0.2) is 46.9 Å². The van der Waals surface area contributed by atoms with Crippen molar-refractivity contribution >= 4 is 21.6 Å². The molecule has 0 bridgehead atoms. The topological polar surface area (TPSA) is 12.0 Å². The van der Waals surface area contributed by atoms with Gasteiger partial charge in [-0.1, -0.05) is 40.2 Å². The van der Waals surface area contributed by atoms with E-state index in [1.54, 1.807) is 12.1 Å². The Morgan fingerprint density at radius 3 is 2.65 bits per heavy atom. The molecule has 0 radical (unpaired) electrons. The van der Waals surface area contributed by atoms with E-state index in [2.05, 4.69) is 21.2 Å². The van der Waals surface area contributed by atoms with Crippen molar-refractivity contribution in [1.29, 1.82) is 0 Å². The van der Waals surface area contributed by atoms with Crippen LogP contribution in [0.2, 0.25) is 0 Å². The maximum absolute atomic E-state index is 13.4. The molecule has 0 aliphatic carbocycles. The zero-order valence-corrected chi connectivity index (χ0v) is 11.1. The predicted molar refractivity (Wildman–Crippen MR) is 72.6 cm³/mol. The minimum absolute atomic E-state index is 0.173. The summed E-state index contributed by atoms with van der Waals surface area (Å²) < 4.78 is 14.5. The van der Waals surface area contributed by atoms with Gasteiger partial charge in [0.15, 0.2) is 0 Å². The number of benzene rings is 2. The Morgan fingerprint density at radius 1 is 1.12 bits per heavy atom. The Kier molecular flexibility index (Phi) is 3.79. The third-order valence-corrected chi connectivity index (χ3v) is 3.55. The monoisotopic (exact) mass is 293 g/mol. The molecule has 1 N–H and O–H groups in total. The summed E-state index contributed by atoms with van der Waals surface area (Å²) in [5.74, 6) is -0.173. The van der Waals surface area contributed by atoms with Gasteiger partial charge < -0.3 is 5.32 Å². The van der Waals surface area contributed by atoms with Gasteiger partial charge in [0.2, 0.25) is 0 Å². The van der Waals surface area contributed by atoms with E-state index >= 15 is 0 Å². The van der Waals surface area contributed by atoms with Crippen LogP contribution in [-0.2, 0) is 6.54 Å². The second kappa shape index (κ2) is 5.32. The Labute approximate surface area is 109 Å². The lowest BCUT2D eigenvalue weighted by Crippen LogP contribution is -2.03. The van der Waals surface area contributed by atoms with Gasteiger partial charge in [0.1, 0.15) is 5.82 Å². The second-order valence-electron chi connectivity index (χ2n) is 3.86. The van der Waals surface area contributed by atoms with Crippen LogP contribution in [0.25, 0.3) is 0 Å². The number of hydrogen-bond donors (Lipinski definition) is 1. The summed E-state index contributed by atoms with van der Waals surface area (Å²) >= 11 is 3.47.